The van der Waals surface area contributed by atoms with Crippen LogP contribution in [-0.4, -0.2) is 16.5 Å². The van der Waals surface area contributed by atoms with Crippen LogP contribution in [0.4, 0.5) is 0 Å². The van der Waals surface area contributed by atoms with Crippen LogP contribution in [0, 0.1) is 5.92 Å². The van der Waals surface area contributed by atoms with Crippen LogP contribution < -0.4 is 0 Å². The van der Waals surface area contributed by atoms with Crippen molar-refractivity contribution in [2.75, 3.05) is 0 Å². The average molecular weight is 210 g/mol. The highest BCUT2D eigenvalue weighted by molar-refractivity contribution is 6.31. The van der Waals surface area contributed by atoms with Gasteiger partial charge in [-0.15, -0.1) is 0 Å². The Morgan fingerprint density at radius 1 is 1.43 bits per heavy atom. The molecule has 0 radical (unpaired) electrons. The molecule has 0 amide bonds. The minimum absolute atomic E-state index is 0.0511. The molecule has 2 rings (SSSR count). The highest BCUT2D eigenvalue weighted by Gasteiger charge is 2.44. The first kappa shape index (κ1) is 9.85. The highest BCUT2D eigenvalue weighted by Crippen LogP contribution is 2.44. The van der Waals surface area contributed by atoms with E-state index in [9.17, 15) is 0 Å². The molecule has 0 N–H and O–H groups in total. The Hall–Kier alpha value is -0.690. The molecule has 0 bridgehead atoms. The lowest BCUT2D eigenvalue weighted by Crippen LogP contribution is -2.48. The van der Waals surface area contributed by atoms with E-state index in [1.54, 1.807) is 0 Å². The predicted octanol–water partition coefficient (Wildman–Crippen LogP) is 3.29. The van der Waals surface area contributed by atoms with Gasteiger partial charge in [0.25, 0.3) is 0 Å². The normalized spacial score (nSPS) is 35.1. The van der Waals surface area contributed by atoms with Crippen molar-refractivity contribution in [3.63, 3.8) is 0 Å². The number of allylic oxidation sites excluding steroid dienone is 2. The Kier molecular flexibility index (Phi) is 2.23. The number of fused-ring (bicyclic) bond motifs is 1. The Morgan fingerprint density at radius 3 is 2.79 bits per heavy atom. The van der Waals surface area contributed by atoms with Crippen molar-refractivity contribution < 1.29 is 0 Å². The molecular weight excluding hydrogens is 194 g/mol. The summed E-state index contributed by atoms with van der Waals surface area (Å²) < 4.78 is 0. The SMILES string of the molecule is CC(C)N1C=CC2C=CC=C(Cl)C21C. The van der Waals surface area contributed by atoms with Gasteiger partial charge < -0.3 is 4.90 Å². The highest BCUT2D eigenvalue weighted by atomic mass is 35.5. The molecule has 2 aliphatic rings. The molecule has 0 aromatic rings. The lowest BCUT2D eigenvalue weighted by atomic mass is 9.82. The quantitative estimate of drug-likeness (QED) is 0.641. The van der Waals surface area contributed by atoms with Crippen molar-refractivity contribution in [1.29, 1.82) is 0 Å². The smallest absolute Gasteiger partial charge is 0.0825 e. The topological polar surface area (TPSA) is 3.24 Å². The van der Waals surface area contributed by atoms with Crippen molar-refractivity contribution in [3.8, 4) is 0 Å². The molecule has 2 heteroatoms. The number of nitrogens with zero attached hydrogens (tertiary/aromatic N) is 1. The average Bonchev–Trinajstić information content (AvgIpc) is 2.45. The zero-order chi connectivity index (χ0) is 10.3. The first-order chi connectivity index (χ1) is 6.56. The van der Waals surface area contributed by atoms with Crippen LogP contribution in [-0.2, 0) is 0 Å². The summed E-state index contributed by atoms with van der Waals surface area (Å²) in [5.74, 6) is 0.419. The van der Waals surface area contributed by atoms with Gasteiger partial charge in [-0.25, -0.2) is 0 Å². The van der Waals surface area contributed by atoms with Crippen molar-refractivity contribution in [3.05, 3.63) is 35.5 Å². The summed E-state index contributed by atoms with van der Waals surface area (Å²) >= 11 is 6.33. The van der Waals surface area contributed by atoms with Crippen LogP contribution in [0.15, 0.2) is 35.5 Å². The maximum Gasteiger partial charge on any atom is 0.0825 e. The number of rotatable bonds is 1. The second kappa shape index (κ2) is 3.16. The predicted molar refractivity (Wildman–Crippen MR) is 61.1 cm³/mol. The van der Waals surface area contributed by atoms with Crippen LogP contribution in [0.3, 0.4) is 0 Å². The summed E-state index contributed by atoms with van der Waals surface area (Å²) in [5.41, 5.74) is -0.0511. The second-order valence-corrected chi connectivity index (χ2v) is 4.82. The Labute approximate surface area is 90.7 Å². The number of hydrogen-bond donors (Lipinski definition) is 0. The van der Waals surface area contributed by atoms with E-state index >= 15 is 0 Å². The van der Waals surface area contributed by atoms with E-state index in [4.69, 9.17) is 11.6 Å². The third kappa shape index (κ3) is 1.15. The van der Waals surface area contributed by atoms with Gasteiger partial charge in [0.05, 0.1) is 5.54 Å². The summed E-state index contributed by atoms with van der Waals surface area (Å²) in [4.78, 5) is 2.33. The lowest BCUT2D eigenvalue weighted by molar-refractivity contribution is 0.167. The minimum atomic E-state index is -0.0511. The van der Waals surface area contributed by atoms with Gasteiger partial charge in [0, 0.05) is 17.0 Å². The van der Waals surface area contributed by atoms with E-state index in [0.29, 0.717) is 12.0 Å². The van der Waals surface area contributed by atoms with Crippen LogP contribution in [0.25, 0.3) is 0 Å². The summed E-state index contributed by atoms with van der Waals surface area (Å²) in [6.07, 6.45) is 10.7. The van der Waals surface area contributed by atoms with Crippen molar-refractivity contribution in [2.24, 2.45) is 5.92 Å². The summed E-state index contributed by atoms with van der Waals surface area (Å²) in [6.45, 7) is 6.60. The molecule has 2 unspecified atom stereocenters. The number of hydrogen-bond acceptors (Lipinski definition) is 1. The molecule has 0 saturated heterocycles. The van der Waals surface area contributed by atoms with E-state index in [1.165, 1.54) is 0 Å². The molecule has 1 nitrogen and oxygen atoms in total. The maximum absolute atomic E-state index is 6.33. The Morgan fingerprint density at radius 2 is 2.14 bits per heavy atom. The summed E-state index contributed by atoms with van der Waals surface area (Å²) in [7, 11) is 0. The third-order valence-electron chi connectivity index (χ3n) is 3.24. The van der Waals surface area contributed by atoms with E-state index < -0.39 is 0 Å². The molecule has 1 aliphatic heterocycles. The zero-order valence-electron chi connectivity index (χ0n) is 8.87. The van der Waals surface area contributed by atoms with E-state index in [2.05, 4.69) is 44.0 Å². The van der Waals surface area contributed by atoms with Crippen LogP contribution in [0.2, 0.25) is 0 Å². The fourth-order valence-electron chi connectivity index (χ4n) is 2.37. The maximum atomic E-state index is 6.33. The van der Waals surface area contributed by atoms with Gasteiger partial charge in [0.1, 0.15) is 0 Å². The first-order valence-electron chi connectivity index (χ1n) is 5.08. The van der Waals surface area contributed by atoms with Gasteiger partial charge in [-0.1, -0.05) is 29.8 Å². The number of halogens is 1. The molecule has 76 valence electrons. The Balaban J connectivity index is 2.40. The van der Waals surface area contributed by atoms with Crippen LogP contribution in [0.1, 0.15) is 20.8 Å². The molecule has 1 aliphatic carbocycles. The molecule has 0 aromatic heterocycles. The second-order valence-electron chi connectivity index (χ2n) is 4.42. The molecule has 0 aromatic carbocycles. The van der Waals surface area contributed by atoms with Gasteiger partial charge in [-0.2, -0.15) is 0 Å². The van der Waals surface area contributed by atoms with E-state index in [1.807, 2.05) is 12.2 Å². The summed E-state index contributed by atoms with van der Waals surface area (Å²) in [6, 6.07) is 0.481. The largest absolute Gasteiger partial charge is 0.364 e. The van der Waals surface area contributed by atoms with Crippen molar-refractivity contribution in [2.45, 2.75) is 32.4 Å². The van der Waals surface area contributed by atoms with Crippen LogP contribution in [0.5, 0.6) is 0 Å². The molecule has 0 fully saturated rings. The first-order valence-corrected chi connectivity index (χ1v) is 5.46. The van der Waals surface area contributed by atoms with Gasteiger partial charge in [0.15, 0.2) is 0 Å². The van der Waals surface area contributed by atoms with E-state index in [0.717, 1.165) is 5.03 Å². The molecule has 1 heterocycles. The Bertz CT molecular complexity index is 327. The van der Waals surface area contributed by atoms with Crippen molar-refractivity contribution in [1.82, 2.24) is 4.90 Å². The monoisotopic (exact) mass is 209 g/mol. The third-order valence-corrected chi connectivity index (χ3v) is 3.75. The minimum Gasteiger partial charge on any atom is -0.364 e. The lowest BCUT2D eigenvalue weighted by Gasteiger charge is -2.43. The van der Waals surface area contributed by atoms with Gasteiger partial charge in [-0.05, 0) is 33.0 Å². The standard InChI is InChI=1S/C12H16ClN/c1-9(2)14-8-7-10-5-4-6-11(13)12(10,14)3/h4-10H,1-3H3. The molecular formula is C12H16ClN. The summed E-state index contributed by atoms with van der Waals surface area (Å²) in [5, 5.41) is 0.934. The van der Waals surface area contributed by atoms with Crippen LogP contribution >= 0.6 is 11.6 Å². The van der Waals surface area contributed by atoms with Gasteiger partial charge >= 0.3 is 0 Å². The van der Waals surface area contributed by atoms with Crippen molar-refractivity contribution >= 4 is 11.6 Å². The van der Waals surface area contributed by atoms with Gasteiger partial charge in [0.2, 0.25) is 0 Å². The fraction of sp³-hybridized carbons (Fsp3) is 0.500. The van der Waals surface area contributed by atoms with Gasteiger partial charge in [-0.3, -0.25) is 0 Å². The van der Waals surface area contributed by atoms with E-state index in [-0.39, 0.29) is 5.54 Å². The molecule has 0 spiro atoms. The molecule has 0 saturated carbocycles. The molecule has 2 atom stereocenters. The zero-order valence-corrected chi connectivity index (χ0v) is 9.62. The molecule has 14 heavy (non-hydrogen) atoms. The fourth-order valence-corrected chi connectivity index (χ4v) is 2.67.